The molecule has 7 nitrogen and oxygen atoms in total. The summed E-state index contributed by atoms with van der Waals surface area (Å²) in [5, 5.41) is 10.6. The van der Waals surface area contributed by atoms with Gasteiger partial charge in [0, 0.05) is 25.1 Å². The van der Waals surface area contributed by atoms with E-state index in [4.69, 9.17) is 4.84 Å². The van der Waals surface area contributed by atoms with Crippen LogP contribution in [0.2, 0.25) is 0 Å². The van der Waals surface area contributed by atoms with Gasteiger partial charge in [-0.2, -0.15) is 13.2 Å². The van der Waals surface area contributed by atoms with Crippen LogP contribution in [0, 0.1) is 5.82 Å². The Bertz CT molecular complexity index is 971. The third kappa shape index (κ3) is 3.00. The molecule has 2 aliphatic rings. The quantitative estimate of drug-likeness (QED) is 0.730. The summed E-state index contributed by atoms with van der Waals surface area (Å²) in [6, 6.07) is 6.01. The van der Waals surface area contributed by atoms with Crippen LogP contribution >= 0.6 is 0 Å². The summed E-state index contributed by atoms with van der Waals surface area (Å²) in [5.74, 6) is -1.97. The second-order valence-electron chi connectivity index (χ2n) is 6.83. The van der Waals surface area contributed by atoms with Gasteiger partial charge in [-0.15, -0.1) is 10.2 Å². The molecule has 4 rings (SSSR count). The lowest BCUT2D eigenvalue weighted by Crippen LogP contribution is -2.50. The van der Waals surface area contributed by atoms with Gasteiger partial charge in [-0.25, -0.2) is 4.39 Å². The number of halogens is 4. The molecule has 0 spiro atoms. The van der Waals surface area contributed by atoms with E-state index in [1.807, 2.05) is 0 Å². The summed E-state index contributed by atoms with van der Waals surface area (Å²) < 4.78 is 53.7. The predicted octanol–water partition coefficient (Wildman–Crippen LogP) is 2.36. The van der Waals surface area contributed by atoms with E-state index in [9.17, 15) is 22.4 Å². The Morgan fingerprint density at radius 3 is 2.68 bits per heavy atom. The summed E-state index contributed by atoms with van der Waals surface area (Å²) in [5.41, 5.74) is -0.826. The van der Waals surface area contributed by atoms with Gasteiger partial charge in [0.05, 0.1) is 12.3 Å². The molecule has 1 unspecified atom stereocenters. The number of benzene rings is 1. The van der Waals surface area contributed by atoms with E-state index in [1.165, 1.54) is 24.0 Å². The van der Waals surface area contributed by atoms with E-state index in [-0.39, 0.29) is 37.4 Å². The second kappa shape index (κ2) is 6.28. The fourth-order valence-electron chi connectivity index (χ4n) is 3.37. The second-order valence-corrected chi connectivity index (χ2v) is 6.83. The Hall–Kier alpha value is -2.98. The molecular weight excluding hydrogens is 382 g/mol. The summed E-state index contributed by atoms with van der Waals surface area (Å²) in [4.78, 5) is 19.6. The normalized spacial score (nSPS) is 21.9. The summed E-state index contributed by atoms with van der Waals surface area (Å²) in [6.45, 7) is 1.35. The molecule has 1 aromatic heterocycles. The van der Waals surface area contributed by atoms with E-state index < -0.39 is 29.3 Å². The highest BCUT2D eigenvalue weighted by Gasteiger charge is 2.47. The molecule has 0 saturated carbocycles. The predicted molar refractivity (Wildman–Crippen MR) is 87.5 cm³/mol. The molecule has 0 saturated heterocycles. The first-order valence-electron chi connectivity index (χ1n) is 8.48. The molecule has 1 atom stereocenters. The van der Waals surface area contributed by atoms with Gasteiger partial charge in [-0.3, -0.25) is 4.79 Å². The molecule has 2 aliphatic heterocycles. The van der Waals surface area contributed by atoms with Crippen LogP contribution in [-0.4, -0.2) is 43.4 Å². The first-order valence-corrected chi connectivity index (χ1v) is 8.48. The largest absolute Gasteiger partial charge is 0.451 e. The zero-order valence-electron chi connectivity index (χ0n) is 14.7. The third-order valence-corrected chi connectivity index (χ3v) is 4.79. The average molecular weight is 397 g/mol. The number of carbonyl (C=O) groups is 1. The van der Waals surface area contributed by atoms with Gasteiger partial charge >= 0.3 is 6.18 Å². The molecule has 3 heterocycles. The highest BCUT2D eigenvalue weighted by molar-refractivity contribution is 6.05. The molecule has 0 radical (unpaired) electrons. The van der Waals surface area contributed by atoms with Crippen molar-refractivity contribution in [1.29, 1.82) is 0 Å². The number of hydrogen-bond acceptors (Lipinski definition) is 5. The molecule has 148 valence electrons. The number of aromatic nitrogens is 3. The fourth-order valence-corrected chi connectivity index (χ4v) is 3.37. The highest BCUT2D eigenvalue weighted by atomic mass is 19.4. The molecular formula is C17H15F4N5O2. The van der Waals surface area contributed by atoms with Gasteiger partial charge in [0.15, 0.2) is 5.82 Å². The van der Waals surface area contributed by atoms with Gasteiger partial charge in [-0.1, -0.05) is 23.4 Å². The summed E-state index contributed by atoms with van der Waals surface area (Å²) in [7, 11) is 0. The molecule has 0 bridgehead atoms. The average Bonchev–Trinajstić information content (AvgIpc) is 3.25. The standard InChI is InChI=1S/C17H15F4N5O2/c1-16(8-12(24-28-16)10-4-2-3-5-11(10)18)15(27)25-6-7-26-13(9-25)22-23-14(26)17(19,20)21/h2-5H,6-9H2,1H3. The first-order chi connectivity index (χ1) is 13.2. The van der Waals surface area contributed by atoms with Crippen LogP contribution in [0.15, 0.2) is 29.4 Å². The van der Waals surface area contributed by atoms with Crippen molar-refractivity contribution in [2.24, 2.45) is 5.16 Å². The van der Waals surface area contributed by atoms with E-state index in [1.54, 1.807) is 12.1 Å². The van der Waals surface area contributed by atoms with Crippen LogP contribution in [0.1, 0.15) is 30.6 Å². The van der Waals surface area contributed by atoms with Crippen molar-refractivity contribution in [2.75, 3.05) is 6.54 Å². The zero-order chi connectivity index (χ0) is 20.1. The van der Waals surface area contributed by atoms with Gasteiger partial charge in [0.25, 0.3) is 5.91 Å². The lowest BCUT2D eigenvalue weighted by molar-refractivity contribution is -0.155. The molecule has 0 aliphatic carbocycles. The number of rotatable bonds is 2. The van der Waals surface area contributed by atoms with Crippen LogP contribution in [-0.2, 0) is 28.9 Å². The van der Waals surface area contributed by atoms with Gasteiger partial charge in [0.1, 0.15) is 5.82 Å². The maximum Gasteiger partial charge on any atom is 0.451 e. The van der Waals surface area contributed by atoms with Crippen molar-refractivity contribution in [3.63, 3.8) is 0 Å². The van der Waals surface area contributed by atoms with Crippen molar-refractivity contribution < 1.29 is 27.2 Å². The number of amides is 1. The first kappa shape index (κ1) is 18.4. The number of alkyl halides is 3. The van der Waals surface area contributed by atoms with Crippen LogP contribution in [0.25, 0.3) is 0 Å². The van der Waals surface area contributed by atoms with E-state index >= 15 is 0 Å². The monoisotopic (exact) mass is 397 g/mol. The Kier molecular flexibility index (Phi) is 4.12. The summed E-state index contributed by atoms with van der Waals surface area (Å²) >= 11 is 0. The molecule has 0 N–H and O–H groups in total. The molecule has 11 heteroatoms. The summed E-state index contributed by atoms with van der Waals surface area (Å²) in [6.07, 6.45) is -4.57. The number of nitrogens with zero attached hydrogens (tertiary/aromatic N) is 5. The van der Waals surface area contributed by atoms with Crippen LogP contribution < -0.4 is 0 Å². The van der Waals surface area contributed by atoms with Crippen LogP contribution in [0.4, 0.5) is 17.6 Å². The SMILES string of the molecule is CC1(C(=O)N2CCn3c(nnc3C(F)(F)F)C2)CC(c2ccccc2F)=NO1. The third-order valence-electron chi connectivity index (χ3n) is 4.79. The minimum atomic E-state index is -4.61. The minimum Gasteiger partial charge on any atom is -0.379 e. The number of fused-ring (bicyclic) bond motifs is 1. The number of oxime groups is 1. The number of carbonyl (C=O) groups excluding carboxylic acids is 1. The maximum atomic E-state index is 14.0. The van der Waals surface area contributed by atoms with Crippen molar-refractivity contribution in [3.8, 4) is 0 Å². The zero-order valence-corrected chi connectivity index (χ0v) is 14.7. The Balaban J connectivity index is 1.50. The lowest BCUT2D eigenvalue weighted by Gasteiger charge is -2.33. The maximum absolute atomic E-state index is 14.0. The van der Waals surface area contributed by atoms with Gasteiger partial charge in [0.2, 0.25) is 11.4 Å². The molecule has 28 heavy (non-hydrogen) atoms. The molecule has 0 fully saturated rings. The van der Waals surface area contributed by atoms with Crippen molar-refractivity contribution in [2.45, 2.75) is 38.2 Å². The number of hydrogen-bond donors (Lipinski definition) is 0. The van der Waals surface area contributed by atoms with Crippen LogP contribution in [0.5, 0.6) is 0 Å². The molecule has 1 aromatic carbocycles. The lowest BCUT2D eigenvalue weighted by atomic mass is 9.94. The van der Waals surface area contributed by atoms with Crippen molar-refractivity contribution in [1.82, 2.24) is 19.7 Å². The Labute approximate surface area is 156 Å². The highest BCUT2D eigenvalue weighted by Crippen LogP contribution is 2.32. The Morgan fingerprint density at radius 1 is 1.21 bits per heavy atom. The van der Waals surface area contributed by atoms with Crippen molar-refractivity contribution >= 4 is 11.6 Å². The van der Waals surface area contributed by atoms with Gasteiger partial charge < -0.3 is 14.3 Å². The molecule has 1 amide bonds. The molecule has 2 aromatic rings. The van der Waals surface area contributed by atoms with E-state index in [2.05, 4.69) is 15.4 Å². The fraction of sp³-hybridized carbons (Fsp3) is 0.412. The minimum absolute atomic E-state index is 0.0426. The topological polar surface area (TPSA) is 72.6 Å². The van der Waals surface area contributed by atoms with Crippen molar-refractivity contribution in [3.05, 3.63) is 47.3 Å². The van der Waals surface area contributed by atoms with E-state index in [0.29, 0.717) is 5.71 Å². The van der Waals surface area contributed by atoms with Crippen LogP contribution in [0.3, 0.4) is 0 Å². The van der Waals surface area contributed by atoms with E-state index in [0.717, 1.165) is 4.57 Å². The Morgan fingerprint density at radius 2 is 1.96 bits per heavy atom. The smallest absolute Gasteiger partial charge is 0.379 e. The van der Waals surface area contributed by atoms with Gasteiger partial charge in [-0.05, 0) is 13.0 Å².